The van der Waals surface area contributed by atoms with Gasteiger partial charge in [-0.1, -0.05) is 38.1 Å². The lowest BCUT2D eigenvalue weighted by atomic mass is 9.77. The van der Waals surface area contributed by atoms with Crippen molar-refractivity contribution in [3.63, 3.8) is 0 Å². The number of nitrogens with one attached hydrogen (secondary N) is 1. The largest absolute Gasteiger partial charge is 0.308 e. The zero-order valence-corrected chi connectivity index (χ0v) is 11.2. The van der Waals surface area contributed by atoms with E-state index in [2.05, 4.69) is 48.5 Å². The Kier molecular flexibility index (Phi) is 2.95. The molecule has 1 aliphatic rings. The second kappa shape index (κ2) is 4.63. The fraction of sp³-hybridized carbons (Fsp3) is 0.333. The Morgan fingerprint density at radius 3 is 2.74 bits per heavy atom. The molecule has 0 bridgehead atoms. The molecule has 4 heteroatoms. The Hall–Kier alpha value is -1.94. The van der Waals surface area contributed by atoms with Gasteiger partial charge in [-0.15, -0.1) is 0 Å². The van der Waals surface area contributed by atoms with Gasteiger partial charge in [-0.25, -0.2) is 15.8 Å². The molecule has 1 unspecified atom stereocenters. The summed E-state index contributed by atoms with van der Waals surface area (Å²) in [6.07, 6.45) is 1.02. The van der Waals surface area contributed by atoms with Crippen molar-refractivity contribution in [1.82, 2.24) is 9.97 Å². The van der Waals surface area contributed by atoms with E-state index in [4.69, 9.17) is 10.8 Å². The number of nitrogens with two attached hydrogens (primary N) is 1. The molecule has 3 rings (SSSR count). The van der Waals surface area contributed by atoms with Crippen LogP contribution in [0.2, 0.25) is 0 Å². The topological polar surface area (TPSA) is 63.8 Å². The highest BCUT2D eigenvalue weighted by Crippen LogP contribution is 2.38. The van der Waals surface area contributed by atoms with Gasteiger partial charge in [-0.2, -0.15) is 0 Å². The Balaban J connectivity index is 2.00. The predicted octanol–water partition coefficient (Wildman–Crippen LogP) is 2.57. The van der Waals surface area contributed by atoms with Gasteiger partial charge in [-0.3, -0.25) is 0 Å². The Morgan fingerprint density at radius 1 is 1.26 bits per heavy atom. The minimum Gasteiger partial charge on any atom is -0.308 e. The first-order valence-electron chi connectivity index (χ1n) is 6.62. The van der Waals surface area contributed by atoms with Crippen LogP contribution < -0.4 is 11.3 Å². The lowest BCUT2D eigenvalue weighted by molar-refractivity contribution is 0.647. The summed E-state index contributed by atoms with van der Waals surface area (Å²) < 4.78 is 0. The Morgan fingerprint density at radius 2 is 2.05 bits per heavy atom. The number of rotatable bonds is 3. The maximum atomic E-state index is 5.50. The minimum atomic E-state index is 0.307. The molecule has 0 saturated carbocycles. The molecule has 1 aromatic heterocycles. The summed E-state index contributed by atoms with van der Waals surface area (Å²) in [5.41, 5.74) is 6.40. The molecule has 0 saturated heterocycles. The number of nitrogens with zero attached hydrogens (tertiary/aromatic N) is 2. The van der Waals surface area contributed by atoms with Crippen molar-refractivity contribution in [2.45, 2.75) is 32.1 Å². The van der Waals surface area contributed by atoms with Crippen molar-refractivity contribution >= 4 is 5.82 Å². The first kappa shape index (κ1) is 12.1. The molecule has 0 aliphatic heterocycles. The van der Waals surface area contributed by atoms with Gasteiger partial charge < -0.3 is 5.43 Å². The second-order valence-electron chi connectivity index (χ2n) is 5.29. The molecular weight excluding hydrogens is 236 g/mol. The van der Waals surface area contributed by atoms with Gasteiger partial charge in [0.25, 0.3) is 0 Å². The fourth-order valence-corrected chi connectivity index (χ4v) is 2.50. The van der Waals surface area contributed by atoms with Gasteiger partial charge in [0.15, 0.2) is 0 Å². The summed E-state index contributed by atoms with van der Waals surface area (Å²) in [5, 5.41) is 0. The molecule has 0 radical (unpaired) electrons. The van der Waals surface area contributed by atoms with E-state index in [0.29, 0.717) is 17.7 Å². The van der Waals surface area contributed by atoms with Crippen LogP contribution in [-0.4, -0.2) is 9.97 Å². The fourth-order valence-electron chi connectivity index (χ4n) is 2.50. The van der Waals surface area contributed by atoms with Crippen LogP contribution in [0.4, 0.5) is 5.82 Å². The number of aromatic nitrogens is 2. The monoisotopic (exact) mass is 254 g/mol. The van der Waals surface area contributed by atoms with Crippen molar-refractivity contribution in [2.24, 2.45) is 5.84 Å². The van der Waals surface area contributed by atoms with E-state index < -0.39 is 0 Å². The van der Waals surface area contributed by atoms with Gasteiger partial charge in [0.1, 0.15) is 11.6 Å². The number of hydrogen-bond donors (Lipinski definition) is 2. The van der Waals surface area contributed by atoms with Gasteiger partial charge in [-0.05, 0) is 23.5 Å². The van der Waals surface area contributed by atoms with Gasteiger partial charge >= 0.3 is 0 Å². The number of hydrazine groups is 1. The molecule has 98 valence electrons. The van der Waals surface area contributed by atoms with E-state index in [9.17, 15) is 0 Å². The summed E-state index contributed by atoms with van der Waals surface area (Å²) in [6.45, 7) is 4.25. The maximum absolute atomic E-state index is 5.50. The highest BCUT2D eigenvalue weighted by Gasteiger charge is 2.29. The first-order valence-corrected chi connectivity index (χ1v) is 6.62. The third kappa shape index (κ3) is 2.08. The molecule has 1 aromatic carbocycles. The zero-order chi connectivity index (χ0) is 13.4. The van der Waals surface area contributed by atoms with Crippen LogP contribution in [0.1, 0.15) is 48.3 Å². The molecule has 1 aliphatic carbocycles. The number of hydrogen-bond acceptors (Lipinski definition) is 4. The smallest absolute Gasteiger partial charge is 0.143 e. The molecule has 4 nitrogen and oxygen atoms in total. The number of fused-ring (bicyclic) bond motifs is 1. The molecule has 1 atom stereocenters. The minimum absolute atomic E-state index is 0.307. The van der Waals surface area contributed by atoms with Crippen LogP contribution in [-0.2, 0) is 6.42 Å². The molecule has 3 N–H and O–H groups in total. The van der Waals surface area contributed by atoms with E-state index >= 15 is 0 Å². The lowest BCUT2D eigenvalue weighted by Gasteiger charge is -2.29. The van der Waals surface area contributed by atoms with Crippen molar-refractivity contribution in [3.8, 4) is 0 Å². The van der Waals surface area contributed by atoms with Crippen LogP contribution in [0, 0.1) is 0 Å². The molecule has 2 aromatic rings. The quantitative estimate of drug-likeness (QED) is 0.652. The van der Waals surface area contributed by atoms with Crippen LogP contribution in [0.25, 0.3) is 0 Å². The standard InChI is InChI=1S/C15H18N4/c1-9(2)13-8-14(19-16)18-15(17-13)12-7-10-5-3-4-6-11(10)12/h3-6,8-9,12H,7,16H2,1-2H3,(H,17,18,19). The average molecular weight is 254 g/mol. The summed E-state index contributed by atoms with van der Waals surface area (Å²) in [4.78, 5) is 9.20. The molecule has 0 amide bonds. The normalized spacial score (nSPS) is 16.9. The average Bonchev–Trinajstić information content (AvgIpc) is 2.39. The van der Waals surface area contributed by atoms with Crippen molar-refractivity contribution in [2.75, 3.05) is 5.43 Å². The van der Waals surface area contributed by atoms with Crippen molar-refractivity contribution in [1.29, 1.82) is 0 Å². The van der Waals surface area contributed by atoms with E-state index in [1.54, 1.807) is 0 Å². The number of nitrogen functional groups attached to an aromatic ring is 1. The van der Waals surface area contributed by atoms with Crippen LogP contribution in [0.5, 0.6) is 0 Å². The van der Waals surface area contributed by atoms with E-state index in [-0.39, 0.29) is 0 Å². The first-order chi connectivity index (χ1) is 9.19. The van der Waals surface area contributed by atoms with Gasteiger partial charge in [0.2, 0.25) is 0 Å². The van der Waals surface area contributed by atoms with E-state index in [1.807, 2.05) is 6.07 Å². The van der Waals surface area contributed by atoms with Gasteiger partial charge in [0, 0.05) is 17.7 Å². The molecule has 19 heavy (non-hydrogen) atoms. The molecular formula is C15H18N4. The number of anilines is 1. The van der Waals surface area contributed by atoms with E-state index in [1.165, 1.54) is 11.1 Å². The lowest BCUT2D eigenvalue weighted by Crippen LogP contribution is -2.22. The SMILES string of the molecule is CC(C)c1cc(NN)nc(C2Cc3ccccc32)n1. The zero-order valence-electron chi connectivity index (χ0n) is 11.2. The molecule has 1 heterocycles. The van der Waals surface area contributed by atoms with Crippen LogP contribution in [0.15, 0.2) is 30.3 Å². The summed E-state index contributed by atoms with van der Waals surface area (Å²) >= 11 is 0. The van der Waals surface area contributed by atoms with Crippen molar-refractivity contribution in [3.05, 3.63) is 53.0 Å². The highest BCUT2D eigenvalue weighted by molar-refractivity contribution is 5.46. The van der Waals surface area contributed by atoms with Crippen molar-refractivity contribution < 1.29 is 0 Å². The predicted molar refractivity (Wildman–Crippen MR) is 75.9 cm³/mol. The summed E-state index contributed by atoms with van der Waals surface area (Å²) in [5.74, 6) is 7.74. The maximum Gasteiger partial charge on any atom is 0.143 e. The summed E-state index contributed by atoms with van der Waals surface area (Å²) in [6, 6.07) is 10.4. The second-order valence-corrected chi connectivity index (χ2v) is 5.29. The van der Waals surface area contributed by atoms with Crippen LogP contribution in [0.3, 0.4) is 0 Å². The number of benzene rings is 1. The third-order valence-corrected chi connectivity index (χ3v) is 3.67. The van der Waals surface area contributed by atoms with E-state index in [0.717, 1.165) is 17.9 Å². The third-order valence-electron chi connectivity index (χ3n) is 3.67. The Bertz CT molecular complexity index is 607. The van der Waals surface area contributed by atoms with Gasteiger partial charge in [0.05, 0.1) is 0 Å². The van der Waals surface area contributed by atoms with Crippen LogP contribution >= 0.6 is 0 Å². The summed E-state index contributed by atoms with van der Waals surface area (Å²) in [7, 11) is 0. The highest BCUT2D eigenvalue weighted by atomic mass is 15.3. The Labute approximate surface area is 113 Å². The molecule has 0 fully saturated rings. The molecule has 0 spiro atoms.